The molecule has 0 amide bonds. The molecule has 0 aromatic heterocycles. The minimum absolute atomic E-state index is 0.0268. The Balaban J connectivity index is 0. The fourth-order valence-corrected chi connectivity index (χ4v) is 1.19. The summed E-state index contributed by atoms with van der Waals surface area (Å²) in [5, 5.41) is 32.9. The van der Waals surface area contributed by atoms with Gasteiger partial charge in [0.05, 0.1) is 0 Å². The Kier molecular flexibility index (Phi) is 12.6. The van der Waals surface area contributed by atoms with Gasteiger partial charge in [-0.1, -0.05) is 0 Å². The highest BCUT2D eigenvalue weighted by molar-refractivity contribution is 5.73. The van der Waals surface area contributed by atoms with Crippen molar-refractivity contribution in [2.24, 2.45) is 11.5 Å². The first-order chi connectivity index (χ1) is 10.1. The van der Waals surface area contributed by atoms with Crippen molar-refractivity contribution in [3.63, 3.8) is 0 Å². The van der Waals surface area contributed by atoms with Crippen molar-refractivity contribution in [2.45, 2.75) is 50.6 Å². The maximum atomic E-state index is 10.1. The first kappa shape index (κ1) is 22.1. The van der Waals surface area contributed by atoms with Crippen LogP contribution in [0.25, 0.3) is 0 Å². The van der Waals surface area contributed by atoms with Gasteiger partial charge in [-0.25, -0.2) is 0 Å². The molecule has 10 heteroatoms. The molecular weight excluding hydrogens is 300 g/mol. The molecule has 22 heavy (non-hydrogen) atoms. The van der Waals surface area contributed by atoms with Gasteiger partial charge in [-0.15, -0.1) is 0 Å². The molecule has 0 aliphatic rings. The van der Waals surface area contributed by atoms with Crippen LogP contribution in [-0.4, -0.2) is 56.4 Å². The summed E-state index contributed by atoms with van der Waals surface area (Å²) in [6.07, 6.45) is 0.983. The van der Waals surface area contributed by atoms with Gasteiger partial charge in [-0.05, 0) is 25.7 Å². The summed E-state index contributed by atoms with van der Waals surface area (Å²) < 4.78 is 0. The monoisotopic (exact) mass is 322 g/mol. The van der Waals surface area contributed by atoms with Crippen LogP contribution in [-0.2, 0) is 19.2 Å². The quantitative estimate of drug-likeness (QED) is 0.298. The molecule has 128 valence electrons. The molecule has 2 atom stereocenters. The highest BCUT2D eigenvalue weighted by Crippen LogP contribution is 1.99. The molecule has 0 fully saturated rings. The highest BCUT2D eigenvalue weighted by atomic mass is 16.4. The molecule has 0 radical (unpaired) electrons. The van der Waals surface area contributed by atoms with Gasteiger partial charge in [0, 0.05) is 12.8 Å². The fraction of sp³-hybridized carbons (Fsp3) is 0.667. The third-order valence-electron chi connectivity index (χ3n) is 2.45. The number of nitrogens with two attached hydrogens (primary N) is 2. The second-order valence-corrected chi connectivity index (χ2v) is 4.46. The highest BCUT2D eigenvalue weighted by Gasteiger charge is 2.11. The van der Waals surface area contributed by atoms with E-state index in [1.807, 2.05) is 0 Å². The zero-order chi connectivity index (χ0) is 17.7. The molecule has 0 aromatic rings. The molecule has 0 spiro atoms. The molecule has 0 aromatic carbocycles. The molecule has 0 bridgehead atoms. The van der Waals surface area contributed by atoms with E-state index in [4.69, 9.17) is 31.9 Å². The van der Waals surface area contributed by atoms with Crippen molar-refractivity contribution in [3.8, 4) is 0 Å². The van der Waals surface area contributed by atoms with E-state index in [0.29, 0.717) is 12.8 Å². The maximum absolute atomic E-state index is 10.1. The summed E-state index contributed by atoms with van der Waals surface area (Å²) in [4.78, 5) is 40.1. The normalized spacial score (nSPS) is 12.5. The lowest BCUT2D eigenvalue weighted by Gasteiger charge is -2.02. The van der Waals surface area contributed by atoms with Crippen molar-refractivity contribution in [1.82, 2.24) is 0 Å². The maximum Gasteiger partial charge on any atom is 0.320 e. The number of rotatable bonds is 10. The van der Waals surface area contributed by atoms with Crippen LogP contribution < -0.4 is 11.5 Å². The van der Waals surface area contributed by atoms with Crippen LogP contribution in [0, 0.1) is 0 Å². The molecule has 0 heterocycles. The zero-order valence-electron chi connectivity index (χ0n) is 12.0. The minimum Gasteiger partial charge on any atom is -0.481 e. The van der Waals surface area contributed by atoms with E-state index in [1.165, 1.54) is 0 Å². The molecule has 0 aliphatic heterocycles. The van der Waals surface area contributed by atoms with E-state index >= 15 is 0 Å². The van der Waals surface area contributed by atoms with E-state index in [2.05, 4.69) is 0 Å². The van der Waals surface area contributed by atoms with Crippen molar-refractivity contribution >= 4 is 23.9 Å². The summed E-state index contributed by atoms with van der Waals surface area (Å²) in [5.41, 5.74) is 10.2. The molecule has 2 unspecified atom stereocenters. The van der Waals surface area contributed by atoms with Gasteiger partial charge in [0.2, 0.25) is 0 Å². The predicted molar refractivity (Wildman–Crippen MR) is 74.2 cm³/mol. The Morgan fingerprint density at radius 2 is 0.955 bits per heavy atom. The van der Waals surface area contributed by atoms with E-state index in [1.54, 1.807) is 0 Å². The van der Waals surface area contributed by atoms with Crippen LogP contribution in [0.1, 0.15) is 38.5 Å². The molecule has 0 rings (SSSR count). The van der Waals surface area contributed by atoms with E-state index < -0.39 is 36.0 Å². The second kappa shape index (κ2) is 12.5. The van der Waals surface area contributed by atoms with Crippen molar-refractivity contribution < 1.29 is 39.6 Å². The second-order valence-electron chi connectivity index (χ2n) is 4.46. The van der Waals surface area contributed by atoms with Crippen LogP contribution in [0.2, 0.25) is 0 Å². The van der Waals surface area contributed by atoms with Gasteiger partial charge in [-0.2, -0.15) is 0 Å². The van der Waals surface area contributed by atoms with Gasteiger partial charge in [0.25, 0.3) is 0 Å². The molecule has 0 saturated heterocycles. The Labute approximate surface area is 126 Å². The van der Waals surface area contributed by atoms with Gasteiger partial charge in [0.15, 0.2) is 0 Å². The third-order valence-corrected chi connectivity index (χ3v) is 2.45. The average molecular weight is 322 g/mol. The van der Waals surface area contributed by atoms with Crippen LogP contribution >= 0.6 is 0 Å². The minimum atomic E-state index is -1.09. The molecular formula is C12H22N2O8. The summed E-state index contributed by atoms with van der Waals surface area (Å²) in [6, 6.07) is -1.87. The topological polar surface area (TPSA) is 201 Å². The van der Waals surface area contributed by atoms with Crippen LogP contribution in [0.4, 0.5) is 0 Å². The lowest BCUT2D eigenvalue weighted by molar-refractivity contribution is -0.140. The Hall–Kier alpha value is -2.20. The number of carbonyl (C=O) groups is 4. The third kappa shape index (κ3) is 15.9. The van der Waals surface area contributed by atoms with Gasteiger partial charge >= 0.3 is 23.9 Å². The number of carboxylic acids is 4. The Bertz CT molecular complexity index is 349. The number of carboxylic acid groups (broad SMARTS) is 4. The Morgan fingerprint density at radius 3 is 1.14 bits per heavy atom. The standard InChI is InChI=1S/2C6H11NO4/c2*7-4(6(10)11)2-1-3-5(8)9/h2*4H,1-3,7H2,(H,8,9)(H,10,11). The first-order valence-corrected chi connectivity index (χ1v) is 6.48. The van der Waals surface area contributed by atoms with Crippen molar-refractivity contribution in [3.05, 3.63) is 0 Å². The van der Waals surface area contributed by atoms with Crippen LogP contribution in [0.15, 0.2) is 0 Å². The average Bonchev–Trinajstić information content (AvgIpc) is 2.38. The lowest BCUT2D eigenvalue weighted by Crippen LogP contribution is -2.29. The van der Waals surface area contributed by atoms with E-state index in [-0.39, 0.29) is 25.7 Å². The summed E-state index contributed by atoms with van der Waals surface area (Å²) in [7, 11) is 0. The fourth-order valence-electron chi connectivity index (χ4n) is 1.19. The van der Waals surface area contributed by atoms with E-state index in [9.17, 15) is 19.2 Å². The first-order valence-electron chi connectivity index (χ1n) is 6.48. The van der Waals surface area contributed by atoms with Gasteiger partial charge < -0.3 is 31.9 Å². The molecule has 0 saturated carbocycles. The summed E-state index contributed by atoms with van der Waals surface area (Å²) in [5.74, 6) is -4.03. The van der Waals surface area contributed by atoms with Crippen LogP contribution in [0.3, 0.4) is 0 Å². The molecule has 10 nitrogen and oxygen atoms in total. The number of hydrogen-bond acceptors (Lipinski definition) is 6. The molecule has 8 N–H and O–H groups in total. The van der Waals surface area contributed by atoms with Crippen molar-refractivity contribution in [1.29, 1.82) is 0 Å². The van der Waals surface area contributed by atoms with Crippen LogP contribution in [0.5, 0.6) is 0 Å². The summed E-state index contributed by atoms with van der Waals surface area (Å²) in [6.45, 7) is 0. The zero-order valence-corrected chi connectivity index (χ0v) is 12.0. The van der Waals surface area contributed by atoms with Gasteiger partial charge in [0.1, 0.15) is 12.1 Å². The lowest BCUT2D eigenvalue weighted by atomic mass is 10.1. The summed E-state index contributed by atoms with van der Waals surface area (Å²) >= 11 is 0. The van der Waals surface area contributed by atoms with Crippen molar-refractivity contribution in [2.75, 3.05) is 0 Å². The van der Waals surface area contributed by atoms with E-state index in [0.717, 1.165) is 0 Å². The van der Waals surface area contributed by atoms with Gasteiger partial charge in [-0.3, -0.25) is 19.2 Å². The Morgan fingerprint density at radius 1 is 0.682 bits per heavy atom. The largest absolute Gasteiger partial charge is 0.481 e. The molecule has 0 aliphatic carbocycles. The SMILES string of the molecule is NC(CCCC(=O)O)C(=O)O.NC(CCCC(=O)O)C(=O)O. The predicted octanol–water partition coefficient (Wildman–Crippen LogP) is -0.694. The number of hydrogen-bond donors (Lipinski definition) is 6. The number of aliphatic carboxylic acids is 4. The smallest absolute Gasteiger partial charge is 0.320 e.